The fourth-order valence-corrected chi connectivity index (χ4v) is 1.76. The van der Waals surface area contributed by atoms with Crippen LogP contribution in [0.5, 0.6) is 5.75 Å². The molecule has 0 bridgehead atoms. The van der Waals surface area contributed by atoms with Gasteiger partial charge in [-0.2, -0.15) is 0 Å². The number of hydrogen-bond acceptors (Lipinski definition) is 2. The maximum absolute atomic E-state index is 12.9. The van der Waals surface area contributed by atoms with E-state index in [9.17, 15) is 9.18 Å². The van der Waals surface area contributed by atoms with Crippen molar-refractivity contribution in [2.45, 2.75) is 54.1 Å². The van der Waals surface area contributed by atoms with E-state index in [0.717, 1.165) is 5.56 Å². The SMILES string of the molecule is CC.CC.Cc1ccc(NC(=O)C(C)(C)Oc2ccc(F)cc2)cc1.[HH]. The topological polar surface area (TPSA) is 38.3 Å². The minimum Gasteiger partial charge on any atom is -0.478 e. The zero-order valence-corrected chi connectivity index (χ0v) is 16.3. The molecule has 2 aromatic rings. The van der Waals surface area contributed by atoms with Gasteiger partial charge in [-0.05, 0) is 57.2 Å². The first-order chi connectivity index (χ1) is 11.9. The van der Waals surface area contributed by atoms with Crippen molar-refractivity contribution in [2.75, 3.05) is 5.32 Å². The van der Waals surface area contributed by atoms with E-state index < -0.39 is 5.60 Å². The summed E-state index contributed by atoms with van der Waals surface area (Å²) >= 11 is 0. The molecule has 1 amide bonds. The summed E-state index contributed by atoms with van der Waals surface area (Å²) in [5.41, 5.74) is 0.763. The molecule has 0 aliphatic heterocycles. The Morgan fingerprint density at radius 1 is 0.960 bits per heavy atom. The first-order valence-corrected chi connectivity index (χ1v) is 8.69. The maximum atomic E-state index is 12.9. The maximum Gasteiger partial charge on any atom is 0.267 e. The van der Waals surface area contributed by atoms with Gasteiger partial charge in [0, 0.05) is 7.11 Å². The summed E-state index contributed by atoms with van der Waals surface area (Å²) in [7, 11) is 0. The number of hydrogen-bond donors (Lipinski definition) is 1. The fourth-order valence-electron chi connectivity index (χ4n) is 1.76. The van der Waals surface area contributed by atoms with Crippen LogP contribution in [0.2, 0.25) is 0 Å². The molecule has 2 rings (SSSR count). The highest BCUT2D eigenvalue weighted by Gasteiger charge is 2.30. The number of carbonyl (C=O) groups is 1. The second-order valence-corrected chi connectivity index (χ2v) is 5.39. The number of ether oxygens (including phenoxy) is 1. The van der Waals surface area contributed by atoms with Gasteiger partial charge in [0.1, 0.15) is 11.6 Å². The molecule has 0 aliphatic carbocycles. The van der Waals surface area contributed by atoms with Gasteiger partial charge in [0.2, 0.25) is 0 Å². The molecule has 0 aromatic heterocycles. The molecule has 0 saturated carbocycles. The highest BCUT2D eigenvalue weighted by molar-refractivity contribution is 5.96. The summed E-state index contributed by atoms with van der Waals surface area (Å²) in [6.45, 7) is 13.3. The van der Waals surface area contributed by atoms with Crippen LogP contribution in [-0.4, -0.2) is 11.5 Å². The molecule has 0 radical (unpaired) electrons. The summed E-state index contributed by atoms with van der Waals surface area (Å²) in [6.07, 6.45) is 0. The molecule has 0 atom stereocenters. The molecule has 2 aromatic carbocycles. The number of carbonyl (C=O) groups excluding carboxylic acids is 1. The molecule has 140 valence electrons. The first-order valence-electron chi connectivity index (χ1n) is 8.69. The zero-order valence-electron chi connectivity index (χ0n) is 16.3. The van der Waals surface area contributed by atoms with Crippen LogP contribution in [0.15, 0.2) is 48.5 Å². The van der Waals surface area contributed by atoms with Gasteiger partial charge < -0.3 is 10.1 Å². The lowest BCUT2D eigenvalue weighted by Crippen LogP contribution is -2.42. The molecular formula is C21H32FNO2. The number of benzene rings is 2. The normalized spacial score (nSPS) is 9.76. The molecule has 4 heteroatoms. The Balaban J connectivity index is 0. The minimum absolute atomic E-state index is 0. The summed E-state index contributed by atoms with van der Waals surface area (Å²) in [6, 6.07) is 13.1. The lowest BCUT2D eigenvalue weighted by Gasteiger charge is -2.25. The lowest BCUT2D eigenvalue weighted by atomic mass is 10.1. The van der Waals surface area contributed by atoms with Gasteiger partial charge in [-0.1, -0.05) is 45.4 Å². The first kappa shape index (κ1) is 22.6. The summed E-state index contributed by atoms with van der Waals surface area (Å²) in [5.74, 6) is -0.166. The Morgan fingerprint density at radius 3 is 1.92 bits per heavy atom. The van der Waals surface area contributed by atoms with Gasteiger partial charge in [-0.15, -0.1) is 0 Å². The van der Waals surface area contributed by atoms with Crippen LogP contribution in [0, 0.1) is 12.7 Å². The third kappa shape index (κ3) is 7.84. The Bertz CT molecular complexity index is 625. The second-order valence-electron chi connectivity index (χ2n) is 5.39. The van der Waals surface area contributed by atoms with Crippen LogP contribution in [-0.2, 0) is 4.79 Å². The van der Waals surface area contributed by atoms with Gasteiger partial charge in [0.25, 0.3) is 5.91 Å². The van der Waals surface area contributed by atoms with E-state index in [1.807, 2.05) is 58.9 Å². The lowest BCUT2D eigenvalue weighted by molar-refractivity contribution is -0.128. The predicted molar refractivity (Wildman–Crippen MR) is 106 cm³/mol. The number of anilines is 1. The molecule has 0 unspecified atom stereocenters. The van der Waals surface area contributed by atoms with E-state index in [4.69, 9.17) is 4.74 Å². The van der Waals surface area contributed by atoms with Crippen molar-refractivity contribution in [3.8, 4) is 5.75 Å². The quantitative estimate of drug-likeness (QED) is 0.710. The number of nitrogens with one attached hydrogen (secondary N) is 1. The number of amides is 1. The fraction of sp³-hybridized carbons (Fsp3) is 0.381. The minimum atomic E-state index is -1.07. The van der Waals surface area contributed by atoms with Crippen LogP contribution in [0.4, 0.5) is 10.1 Å². The van der Waals surface area contributed by atoms with Crippen molar-refractivity contribution >= 4 is 11.6 Å². The van der Waals surface area contributed by atoms with Gasteiger partial charge in [-0.3, -0.25) is 4.79 Å². The average Bonchev–Trinajstić information content (AvgIpc) is 2.62. The highest BCUT2D eigenvalue weighted by atomic mass is 19.1. The standard InChI is InChI=1S/C17H18FNO2.2C2H6.H2/c1-12-4-8-14(9-5-12)19-16(20)17(2,3)21-15-10-6-13(18)7-11-15;2*1-2;/h4-11H,1-3H3,(H,19,20);2*1-2H3;1H. The summed E-state index contributed by atoms with van der Waals surface area (Å²) in [4.78, 5) is 12.3. The predicted octanol–water partition coefficient (Wildman–Crippen LogP) is 6.23. The van der Waals surface area contributed by atoms with Crippen molar-refractivity contribution in [1.82, 2.24) is 0 Å². The molecule has 0 heterocycles. The Labute approximate surface area is 152 Å². The highest BCUT2D eigenvalue weighted by Crippen LogP contribution is 2.20. The second kappa shape index (κ2) is 11.2. The molecule has 0 spiro atoms. The van der Waals surface area contributed by atoms with Crippen LogP contribution in [0.25, 0.3) is 0 Å². The van der Waals surface area contributed by atoms with Crippen LogP contribution in [0.3, 0.4) is 0 Å². The number of rotatable bonds is 4. The van der Waals surface area contributed by atoms with Crippen LogP contribution < -0.4 is 10.1 Å². The van der Waals surface area contributed by atoms with E-state index in [-0.39, 0.29) is 13.2 Å². The van der Waals surface area contributed by atoms with Gasteiger partial charge in [0.15, 0.2) is 5.60 Å². The monoisotopic (exact) mass is 349 g/mol. The molecule has 0 aliphatic rings. The van der Waals surface area contributed by atoms with Crippen molar-refractivity contribution in [3.05, 3.63) is 59.9 Å². The molecular weight excluding hydrogens is 317 g/mol. The summed E-state index contributed by atoms with van der Waals surface area (Å²) < 4.78 is 18.5. The van der Waals surface area contributed by atoms with Crippen molar-refractivity contribution in [3.63, 3.8) is 0 Å². The smallest absolute Gasteiger partial charge is 0.267 e. The summed E-state index contributed by atoms with van der Waals surface area (Å²) in [5, 5.41) is 2.80. The average molecular weight is 349 g/mol. The van der Waals surface area contributed by atoms with E-state index in [2.05, 4.69) is 5.32 Å². The molecule has 0 saturated heterocycles. The van der Waals surface area contributed by atoms with Crippen LogP contribution >= 0.6 is 0 Å². The largest absolute Gasteiger partial charge is 0.478 e. The third-order valence-corrected chi connectivity index (χ3v) is 3.04. The van der Waals surface area contributed by atoms with E-state index in [1.165, 1.54) is 24.3 Å². The molecule has 25 heavy (non-hydrogen) atoms. The number of aryl methyl sites for hydroxylation is 1. The van der Waals surface area contributed by atoms with E-state index >= 15 is 0 Å². The van der Waals surface area contributed by atoms with Crippen molar-refractivity contribution in [2.24, 2.45) is 0 Å². The Kier molecular flexibility index (Phi) is 10.2. The molecule has 3 nitrogen and oxygen atoms in total. The zero-order chi connectivity index (χ0) is 19.5. The van der Waals surface area contributed by atoms with E-state index in [0.29, 0.717) is 11.4 Å². The van der Waals surface area contributed by atoms with Gasteiger partial charge in [-0.25, -0.2) is 4.39 Å². The van der Waals surface area contributed by atoms with Gasteiger partial charge >= 0.3 is 0 Å². The van der Waals surface area contributed by atoms with Crippen molar-refractivity contribution < 1.29 is 15.3 Å². The molecule has 0 fully saturated rings. The Hall–Kier alpha value is -2.36. The Morgan fingerprint density at radius 2 is 1.44 bits per heavy atom. The van der Waals surface area contributed by atoms with Crippen molar-refractivity contribution in [1.29, 1.82) is 0 Å². The number of halogens is 1. The molecule has 1 N–H and O–H groups in total. The van der Waals surface area contributed by atoms with E-state index in [1.54, 1.807) is 13.8 Å². The van der Waals surface area contributed by atoms with Gasteiger partial charge in [0.05, 0.1) is 0 Å². The third-order valence-electron chi connectivity index (χ3n) is 3.04. The van der Waals surface area contributed by atoms with Crippen LogP contribution in [0.1, 0.15) is 48.5 Å².